The number of pyridine rings is 1. The standard InChI is InChI=1S/C18H22FN3O2/c1-11(2)21-16-9-6-14(10-20-16)18(24)22-12(3)17(23)13-4-7-15(19)8-5-13/h4-12,17,23H,1-3H3,(H,20,21)(H,22,24)/t12-,17+/m1/s1. The number of nitrogens with one attached hydrogen (secondary N) is 2. The number of aliphatic hydroxyl groups is 1. The van der Waals surface area contributed by atoms with Crippen LogP contribution in [0.25, 0.3) is 0 Å². The van der Waals surface area contributed by atoms with E-state index in [4.69, 9.17) is 0 Å². The van der Waals surface area contributed by atoms with Crippen LogP contribution in [0.4, 0.5) is 10.2 Å². The summed E-state index contributed by atoms with van der Waals surface area (Å²) in [4.78, 5) is 16.4. The van der Waals surface area contributed by atoms with Crippen LogP contribution in [0.5, 0.6) is 0 Å². The fraction of sp³-hybridized carbons (Fsp3) is 0.333. The van der Waals surface area contributed by atoms with Crippen molar-refractivity contribution in [1.82, 2.24) is 10.3 Å². The Kier molecular flexibility index (Phi) is 5.87. The molecule has 0 bridgehead atoms. The number of benzene rings is 1. The molecule has 0 aliphatic heterocycles. The molecule has 0 saturated heterocycles. The molecular formula is C18H22FN3O2. The number of aromatic nitrogens is 1. The molecule has 0 saturated carbocycles. The number of amides is 1. The van der Waals surface area contributed by atoms with Crippen molar-refractivity contribution in [2.45, 2.75) is 39.0 Å². The van der Waals surface area contributed by atoms with Crippen molar-refractivity contribution in [2.75, 3.05) is 5.32 Å². The summed E-state index contributed by atoms with van der Waals surface area (Å²) in [6.07, 6.45) is 0.557. The second-order valence-electron chi connectivity index (χ2n) is 5.99. The Morgan fingerprint density at radius 3 is 2.33 bits per heavy atom. The number of aliphatic hydroxyl groups excluding tert-OH is 1. The average molecular weight is 331 g/mol. The normalized spacial score (nSPS) is 13.4. The first-order chi connectivity index (χ1) is 11.4. The van der Waals surface area contributed by atoms with Crippen LogP contribution in [0.15, 0.2) is 42.6 Å². The molecule has 128 valence electrons. The zero-order chi connectivity index (χ0) is 17.7. The Bertz CT molecular complexity index is 672. The molecule has 0 aliphatic rings. The average Bonchev–Trinajstić information content (AvgIpc) is 2.55. The SMILES string of the molecule is CC(C)Nc1ccc(C(=O)N[C@H](C)[C@H](O)c2ccc(F)cc2)cn1. The highest BCUT2D eigenvalue weighted by atomic mass is 19.1. The summed E-state index contributed by atoms with van der Waals surface area (Å²) in [5.41, 5.74) is 0.946. The molecular weight excluding hydrogens is 309 g/mol. The number of carbonyl (C=O) groups excluding carboxylic acids is 1. The molecule has 2 aromatic rings. The number of anilines is 1. The highest BCUT2D eigenvalue weighted by molar-refractivity contribution is 5.94. The van der Waals surface area contributed by atoms with E-state index in [-0.39, 0.29) is 17.8 Å². The van der Waals surface area contributed by atoms with Crippen molar-refractivity contribution in [3.05, 3.63) is 59.5 Å². The third-order valence-electron chi connectivity index (χ3n) is 3.51. The summed E-state index contributed by atoms with van der Waals surface area (Å²) in [5.74, 6) is -0.00276. The number of carbonyl (C=O) groups is 1. The quantitative estimate of drug-likeness (QED) is 0.761. The molecule has 0 radical (unpaired) electrons. The van der Waals surface area contributed by atoms with Crippen molar-refractivity contribution in [3.63, 3.8) is 0 Å². The Morgan fingerprint density at radius 2 is 1.79 bits per heavy atom. The predicted molar refractivity (Wildman–Crippen MR) is 91.3 cm³/mol. The van der Waals surface area contributed by atoms with Crippen molar-refractivity contribution in [3.8, 4) is 0 Å². The van der Waals surface area contributed by atoms with Gasteiger partial charge < -0.3 is 15.7 Å². The largest absolute Gasteiger partial charge is 0.386 e. The molecule has 3 N–H and O–H groups in total. The number of hydrogen-bond acceptors (Lipinski definition) is 4. The Hall–Kier alpha value is -2.47. The lowest BCUT2D eigenvalue weighted by Gasteiger charge is -2.20. The Morgan fingerprint density at radius 1 is 1.12 bits per heavy atom. The number of halogens is 1. The first-order valence-corrected chi connectivity index (χ1v) is 7.84. The maximum absolute atomic E-state index is 12.9. The summed E-state index contributed by atoms with van der Waals surface area (Å²) in [6.45, 7) is 5.69. The van der Waals surface area contributed by atoms with Crippen molar-refractivity contribution < 1.29 is 14.3 Å². The zero-order valence-corrected chi connectivity index (χ0v) is 14.0. The van der Waals surface area contributed by atoms with Crippen LogP contribution in [0.3, 0.4) is 0 Å². The van der Waals surface area contributed by atoms with Gasteiger partial charge in [0.1, 0.15) is 11.6 Å². The summed E-state index contributed by atoms with van der Waals surface area (Å²) < 4.78 is 12.9. The molecule has 1 amide bonds. The minimum absolute atomic E-state index is 0.253. The third-order valence-corrected chi connectivity index (χ3v) is 3.51. The molecule has 0 aliphatic carbocycles. The molecule has 2 rings (SSSR count). The highest BCUT2D eigenvalue weighted by Gasteiger charge is 2.19. The molecule has 6 heteroatoms. The molecule has 1 heterocycles. The van der Waals surface area contributed by atoms with Gasteiger partial charge in [-0.25, -0.2) is 9.37 Å². The van der Waals surface area contributed by atoms with E-state index < -0.39 is 12.1 Å². The van der Waals surface area contributed by atoms with Gasteiger partial charge in [0.05, 0.1) is 17.7 Å². The topological polar surface area (TPSA) is 74.2 Å². The molecule has 0 unspecified atom stereocenters. The predicted octanol–water partition coefficient (Wildman–Crippen LogP) is 2.89. The Balaban J connectivity index is 1.98. The van der Waals surface area contributed by atoms with Crippen molar-refractivity contribution in [2.24, 2.45) is 0 Å². The summed E-state index contributed by atoms with van der Waals surface area (Å²) in [5, 5.41) is 16.1. The lowest BCUT2D eigenvalue weighted by Crippen LogP contribution is -2.37. The van der Waals surface area contributed by atoms with Gasteiger partial charge in [0, 0.05) is 12.2 Å². The van der Waals surface area contributed by atoms with E-state index in [9.17, 15) is 14.3 Å². The van der Waals surface area contributed by atoms with Gasteiger partial charge in [-0.15, -0.1) is 0 Å². The molecule has 1 aromatic heterocycles. The fourth-order valence-corrected chi connectivity index (χ4v) is 2.23. The number of rotatable bonds is 6. The summed E-state index contributed by atoms with van der Waals surface area (Å²) in [6, 6.07) is 8.67. The van der Waals surface area contributed by atoms with Crippen LogP contribution in [-0.2, 0) is 0 Å². The summed E-state index contributed by atoms with van der Waals surface area (Å²) in [7, 11) is 0. The van der Waals surface area contributed by atoms with E-state index in [1.807, 2.05) is 13.8 Å². The van der Waals surface area contributed by atoms with Crippen LogP contribution in [0.2, 0.25) is 0 Å². The highest BCUT2D eigenvalue weighted by Crippen LogP contribution is 2.17. The third kappa shape index (κ3) is 4.76. The van der Waals surface area contributed by atoms with Gasteiger partial charge in [0.15, 0.2) is 0 Å². The molecule has 0 fully saturated rings. The van der Waals surface area contributed by atoms with Crippen LogP contribution < -0.4 is 10.6 Å². The second-order valence-corrected chi connectivity index (χ2v) is 5.99. The minimum atomic E-state index is -0.926. The van der Waals surface area contributed by atoms with E-state index in [0.717, 1.165) is 0 Å². The van der Waals surface area contributed by atoms with Crippen LogP contribution in [-0.4, -0.2) is 28.1 Å². The van der Waals surface area contributed by atoms with Gasteiger partial charge in [0.25, 0.3) is 5.91 Å². The smallest absolute Gasteiger partial charge is 0.253 e. The molecule has 2 atom stereocenters. The lowest BCUT2D eigenvalue weighted by atomic mass is 10.0. The van der Waals surface area contributed by atoms with Gasteiger partial charge in [-0.1, -0.05) is 12.1 Å². The van der Waals surface area contributed by atoms with E-state index in [1.165, 1.54) is 30.5 Å². The first-order valence-electron chi connectivity index (χ1n) is 7.84. The van der Waals surface area contributed by atoms with Crippen LogP contribution >= 0.6 is 0 Å². The lowest BCUT2D eigenvalue weighted by molar-refractivity contribution is 0.0851. The second kappa shape index (κ2) is 7.88. The van der Waals surface area contributed by atoms with E-state index in [0.29, 0.717) is 16.9 Å². The van der Waals surface area contributed by atoms with E-state index in [2.05, 4.69) is 15.6 Å². The zero-order valence-electron chi connectivity index (χ0n) is 14.0. The number of hydrogen-bond donors (Lipinski definition) is 3. The first kappa shape index (κ1) is 17.9. The maximum Gasteiger partial charge on any atom is 0.253 e. The van der Waals surface area contributed by atoms with Crippen molar-refractivity contribution >= 4 is 11.7 Å². The molecule has 0 spiro atoms. The van der Waals surface area contributed by atoms with Gasteiger partial charge in [-0.2, -0.15) is 0 Å². The monoisotopic (exact) mass is 331 g/mol. The van der Waals surface area contributed by atoms with Gasteiger partial charge in [0.2, 0.25) is 0 Å². The number of nitrogens with zero attached hydrogens (tertiary/aromatic N) is 1. The van der Waals surface area contributed by atoms with Gasteiger partial charge in [-0.3, -0.25) is 4.79 Å². The molecule has 5 nitrogen and oxygen atoms in total. The minimum Gasteiger partial charge on any atom is -0.386 e. The fourth-order valence-electron chi connectivity index (χ4n) is 2.23. The molecule has 24 heavy (non-hydrogen) atoms. The Labute approximate surface area is 140 Å². The van der Waals surface area contributed by atoms with Crippen LogP contribution in [0.1, 0.15) is 42.8 Å². The maximum atomic E-state index is 12.9. The van der Waals surface area contributed by atoms with E-state index in [1.54, 1.807) is 19.1 Å². The summed E-state index contributed by atoms with van der Waals surface area (Å²) >= 11 is 0. The molecule has 1 aromatic carbocycles. The van der Waals surface area contributed by atoms with E-state index >= 15 is 0 Å². The van der Waals surface area contributed by atoms with Gasteiger partial charge in [-0.05, 0) is 50.6 Å². The van der Waals surface area contributed by atoms with Gasteiger partial charge >= 0.3 is 0 Å². The van der Waals surface area contributed by atoms with Crippen molar-refractivity contribution in [1.29, 1.82) is 0 Å². The van der Waals surface area contributed by atoms with Crippen LogP contribution in [0, 0.1) is 5.82 Å².